The standard InChI is InChI=1S/C17H28N2O4/c1-5-10-23-19-15(20)11-14(16(21)22-4)17(19)6-8-18(9-7-17)12-13(2)3/h5,13-14H,1,6-12H2,2-4H3. The molecular weight excluding hydrogens is 296 g/mol. The molecule has 130 valence electrons. The van der Waals surface area contributed by atoms with Gasteiger partial charge in [0, 0.05) is 26.1 Å². The minimum Gasteiger partial charge on any atom is -0.469 e. The maximum atomic E-state index is 12.4. The fraction of sp³-hybridized carbons (Fsp3) is 0.765. The molecule has 1 unspecified atom stereocenters. The predicted octanol–water partition coefficient (Wildman–Crippen LogP) is 1.62. The van der Waals surface area contributed by atoms with Crippen molar-refractivity contribution in [2.45, 2.75) is 38.6 Å². The molecule has 0 saturated carbocycles. The van der Waals surface area contributed by atoms with Gasteiger partial charge in [0.05, 0.1) is 25.2 Å². The molecule has 0 aromatic rings. The van der Waals surface area contributed by atoms with Gasteiger partial charge in [-0.25, -0.2) is 5.06 Å². The van der Waals surface area contributed by atoms with Gasteiger partial charge in [0.25, 0.3) is 0 Å². The van der Waals surface area contributed by atoms with E-state index >= 15 is 0 Å². The number of esters is 1. The molecule has 2 aliphatic heterocycles. The van der Waals surface area contributed by atoms with Crippen LogP contribution in [0, 0.1) is 11.8 Å². The fourth-order valence-electron chi connectivity index (χ4n) is 3.80. The molecule has 1 spiro atoms. The number of hydrogen-bond acceptors (Lipinski definition) is 5. The van der Waals surface area contributed by atoms with Crippen LogP contribution in [0.1, 0.15) is 33.1 Å². The zero-order chi connectivity index (χ0) is 17.0. The predicted molar refractivity (Wildman–Crippen MR) is 86.4 cm³/mol. The van der Waals surface area contributed by atoms with Crippen LogP contribution in [0.3, 0.4) is 0 Å². The van der Waals surface area contributed by atoms with Crippen molar-refractivity contribution in [1.29, 1.82) is 0 Å². The molecule has 6 heteroatoms. The van der Waals surface area contributed by atoms with E-state index in [9.17, 15) is 9.59 Å². The van der Waals surface area contributed by atoms with E-state index in [0.717, 1.165) is 32.5 Å². The average Bonchev–Trinajstić information content (AvgIpc) is 2.79. The summed E-state index contributed by atoms with van der Waals surface area (Å²) in [6.45, 7) is 11.0. The summed E-state index contributed by atoms with van der Waals surface area (Å²) in [7, 11) is 1.38. The molecular formula is C17H28N2O4. The zero-order valence-corrected chi connectivity index (χ0v) is 14.4. The molecule has 0 N–H and O–H groups in total. The Kier molecular flexibility index (Phi) is 5.81. The second-order valence-electron chi connectivity index (χ2n) is 6.85. The van der Waals surface area contributed by atoms with Crippen molar-refractivity contribution in [2.75, 3.05) is 33.4 Å². The summed E-state index contributed by atoms with van der Waals surface area (Å²) in [5.41, 5.74) is -0.583. The maximum Gasteiger partial charge on any atom is 0.311 e. The second kappa shape index (κ2) is 7.45. The highest BCUT2D eigenvalue weighted by molar-refractivity contribution is 5.88. The van der Waals surface area contributed by atoms with Crippen molar-refractivity contribution in [2.24, 2.45) is 11.8 Å². The van der Waals surface area contributed by atoms with Crippen LogP contribution in [0.4, 0.5) is 0 Å². The maximum absolute atomic E-state index is 12.4. The topological polar surface area (TPSA) is 59.1 Å². The lowest BCUT2D eigenvalue weighted by atomic mass is 9.77. The summed E-state index contributed by atoms with van der Waals surface area (Å²) in [6, 6.07) is 0. The molecule has 23 heavy (non-hydrogen) atoms. The van der Waals surface area contributed by atoms with Crippen LogP contribution < -0.4 is 0 Å². The molecule has 1 atom stereocenters. The van der Waals surface area contributed by atoms with Gasteiger partial charge in [0.2, 0.25) is 5.91 Å². The summed E-state index contributed by atoms with van der Waals surface area (Å²) in [4.78, 5) is 32.6. The molecule has 2 rings (SSSR count). The van der Waals surface area contributed by atoms with Gasteiger partial charge in [-0.2, -0.15) is 0 Å². The Morgan fingerprint density at radius 3 is 2.61 bits per heavy atom. The average molecular weight is 324 g/mol. The first-order valence-electron chi connectivity index (χ1n) is 8.31. The van der Waals surface area contributed by atoms with Crippen molar-refractivity contribution in [3.05, 3.63) is 12.7 Å². The summed E-state index contributed by atoms with van der Waals surface area (Å²) < 4.78 is 4.95. The number of likely N-dealkylation sites (tertiary alicyclic amines) is 1. The lowest BCUT2D eigenvalue weighted by molar-refractivity contribution is -0.218. The van der Waals surface area contributed by atoms with E-state index < -0.39 is 11.5 Å². The van der Waals surface area contributed by atoms with Gasteiger partial charge in [-0.15, -0.1) is 6.58 Å². The van der Waals surface area contributed by atoms with Gasteiger partial charge in [0.15, 0.2) is 0 Å². The van der Waals surface area contributed by atoms with Crippen LogP contribution in [0.15, 0.2) is 12.7 Å². The number of hydrogen-bond donors (Lipinski definition) is 0. The molecule has 0 bridgehead atoms. The van der Waals surface area contributed by atoms with Crippen LogP contribution in [-0.2, 0) is 19.2 Å². The highest BCUT2D eigenvalue weighted by Gasteiger charge is 2.58. The number of carbonyl (C=O) groups is 2. The molecule has 0 aromatic carbocycles. The van der Waals surface area contributed by atoms with E-state index in [-0.39, 0.29) is 24.9 Å². The summed E-state index contributed by atoms with van der Waals surface area (Å²) in [5.74, 6) is -0.315. The number of ether oxygens (including phenoxy) is 1. The number of rotatable bonds is 6. The molecule has 2 fully saturated rings. The molecule has 1 amide bonds. The van der Waals surface area contributed by atoms with Crippen LogP contribution in [0.25, 0.3) is 0 Å². The minimum absolute atomic E-state index is 0.139. The van der Waals surface area contributed by atoms with E-state index in [1.54, 1.807) is 6.08 Å². The van der Waals surface area contributed by atoms with Crippen LogP contribution in [0.2, 0.25) is 0 Å². The highest BCUT2D eigenvalue weighted by atomic mass is 16.7. The molecule has 0 aromatic heterocycles. The van der Waals surface area contributed by atoms with Crippen molar-refractivity contribution in [1.82, 2.24) is 9.96 Å². The Morgan fingerprint density at radius 2 is 2.09 bits per heavy atom. The van der Waals surface area contributed by atoms with Gasteiger partial charge >= 0.3 is 5.97 Å². The smallest absolute Gasteiger partial charge is 0.311 e. The SMILES string of the molecule is C=CCON1C(=O)CC(C(=O)OC)C12CCN(CC(C)C)CC2. The number of nitrogens with zero attached hydrogens (tertiary/aromatic N) is 2. The first kappa shape index (κ1) is 17.9. The van der Waals surface area contributed by atoms with E-state index in [0.29, 0.717) is 5.92 Å². The van der Waals surface area contributed by atoms with Crippen molar-refractivity contribution in [3.63, 3.8) is 0 Å². The number of piperidine rings is 1. The molecule has 0 radical (unpaired) electrons. The Bertz CT molecular complexity index is 456. The van der Waals surface area contributed by atoms with Crippen LogP contribution >= 0.6 is 0 Å². The van der Waals surface area contributed by atoms with E-state index in [4.69, 9.17) is 9.57 Å². The largest absolute Gasteiger partial charge is 0.469 e. The van der Waals surface area contributed by atoms with Gasteiger partial charge in [-0.1, -0.05) is 19.9 Å². The first-order chi connectivity index (χ1) is 10.9. The highest BCUT2D eigenvalue weighted by Crippen LogP contribution is 2.44. The summed E-state index contributed by atoms with van der Waals surface area (Å²) in [6.07, 6.45) is 3.22. The Balaban J connectivity index is 2.19. The van der Waals surface area contributed by atoms with Gasteiger partial charge in [0.1, 0.15) is 0 Å². The van der Waals surface area contributed by atoms with Gasteiger partial charge in [-0.3, -0.25) is 14.4 Å². The normalized spacial score (nSPS) is 24.4. The van der Waals surface area contributed by atoms with Crippen molar-refractivity contribution in [3.8, 4) is 0 Å². The lowest BCUT2D eigenvalue weighted by Gasteiger charge is -2.46. The van der Waals surface area contributed by atoms with E-state index in [2.05, 4.69) is 25.3 Å². The Hall–Kier alpha value is -1.40. The summed E-state index contributed by atoms with van der Waals surface area (Å²) in [5, 5.41) is 1.45. The second-order valence-corrected chi connectivity index (χ2v) is 6.85. The van der Waals surface area contributed by atoms with E-state index in [1.807, 2.05) is 0 Å². The molecule has 2 heterocycles. The molecule has 6 nitrogen and oxygen atoms in total. The monoisotopic (exact) mass is 324 g/mol. The minimum atomic E-state index is -0.583. The number of hydroxylamine groups is 2. The van der Waals surface area contributed by atoms with Gasteiger partial charge in [-0.05, 0) is 18.8 Å². The summed E-state index contributed by atoms with van der Waals surface area (Å²) >= 11 is 0. The lowest BCUT2D eigenvalue weighted by Crippen LogP contribution is -2.57. The van der Waals surface area contributed by atoms with Gasteiger partial charge < -0.3 is 9.64 Å². The van der Waals surface area contributed by atoms with Crippen LogP contribution in [-0.4, -0.2) is 60.7 Å². The Morgan fingerprint density at radius 1 is 1.43 bits per heavy atom. The van der Waals surface area contributed by atoms with Crippen LogP contribution in [0.5, 0.6) is 0 Å². The third kappa shape index (κ3) is 3.58. The third-order valence-corrected chi connectivity index (χ3v) is 4.81. The third-order valence-electron chi connectivity index (χ3n) is 4.81. The molecule has 0 aliphatic carbocycles. The zero-order valence-electron chi connectivity index (χ0n) is 14.4. The van der Waals surface area contributed by atoms with E-state index in [1.165, 1.54) is 12.2 Å². The number of methoxy groups -OCH3 is 1. The van der Waals surface area contributed by atoms with Crippen molar-refractivity contribution < 1.29 is 19.2 Å². The number of amides is 1. The fourth-order valence-corrected chi connectivity index (χ4v) is 3.80. The van der Waals surface area contributed by atoms with Crippen molar-refractivity contribution >= 4 is 11.9 Å². The number of carbonyl (C=O) groups excluding carboxylic acids is 2. The quantitative estimate of drug-likeness (QED) is 0.549. The molecule has 2 aliphatic rings. The molecule has 2 saturated heterocycles. The Labute approximate surface area is 138 Å². The first-order valence-corrected chi connectivity index (χ1v) is 8.31.